The van der Waals surface area contributed by atoms with Crippen LogP contribution in [0.5, 0.6) is 0 Å². The van der Waals surface area contributed by atoms with Gasteiger partial charge in [0.25, 0.3) is 5.91 Å². The zero-order chi connectivity index (χ0) is 14.8. The number of nitrogens with zero attached hydrogens (tertiary/aromatic N) is 1. The van der Waals surface area contributed by atoms with Crippen molar-refractivity contribution in [3.05, 3.63) is 50.2 Å². The second-order valence-electron chi connectivity index (χ2n) is 4.87. The number of fused-ring (bicyclic) bond motifs is 1. The second kappa shape index (κ2) is 6.17. The van der Waals surface area contributed by atoms with E-state index in [0.29, 0.717) is 23.8 Å². The molecule has 3 rings (SSSR count). The van der Waals surface area contributed by atoms with Crippen molar-refractivity contribution in [3.8, 4) is 0 Å². The zero-order valence-electron chi connectivity index (χ0n) is 11.2. The average Bonchev–Trinajstić information content (AvgIpc) is 2.90. The molecule has 0 aliphatic carbocycles. The number of benzene rings is 1. The summed E-state index contributed by atoms with van der Waals surface area (Å²) in [5, 5.41) is 13.8. The van der Waals surface area contributed by atoms with Crippen LogP contribution in [0.1, 0.15) is 27.3 Å². The number of hydrogen-bond acceptors (Lipinski definition) is 3. The maximum Gasteiger partial charge on any atom is 0.272 e. The Bertz CT molecular complexity index is 686. The van der Waals surface area contributed by atoms with Gasteiger partial charge in [0.1, 0.15) is 0 Å². The number of amides is 1. The van der Waals surface area contributed by atoms with Crippen molar-refractivity contribution in [1.29, 1.82) is 0 Å². The Morgan fingerprint density at radius 2 is 2.33 bits per heavy atom. The number of hydrogen-bond donors (Lipinski definition) is 3. The lowest BCUT2D eigenvalue weighted by Gasteiger charge is -2.13. The SMILES string of the molecule is O=C(NCc1ccc(Br)cc1Cl)c1n[nH]c2c1CNCC2. The maximum atomic E-state index is 12.3. The first-order chi connectivity index (χ1) is 10.1. The van der Waals surface area contributed by atoms with Crippen molar-refractivity contribution in [1.82, 2.24) is 20.8 Å². The summed E-state index contributed by atoms with van der Waals surface area (Å²) in [6.45, 7) is 1.96. The molecule has 0 radical (unpaired) electrons. The summed E-state index contributed by atoms with van der Waals surface area (Å²) in [5.41, 5.74) is 3.34. The van der Waals surface area contributed by atoms with Crippen molar-refractivity contribution >= 4 is 33.4 Å². The van der Waals surface area contributed by atoms with Gasteiger partial charge in [0.2, 0.25) is 0 Å². The van der Waals surface area contributed by atoms with Crippen molar-refractivity contribution in [3.63, 3.8) is 0 Å². The third kappa shape index (κ3) is 3.12. The highest BCUT2D eigenvalue weighted by atomic mass is 79.9. The number of halogens is 2. The Hall–Kier alpha value is -1.37. The molecule has 2 heterocycles. The fourth-order valence-electron chi connectivity index (χ4n) is 2.34. The van der Waals surface area contributed by atoms with E-state index in [2.05, 4.69) is 36.8 Å². The van der Waals surface area contributed by atoms with Gasteiger partial charge in [0.05, 0.1) is 0 Å². The summed E-state index contributed by atoms with van der Waals surface area (Å²) in [6.07, 6.45) is 0.869. The van der Waals surface area contributed by atoms with Crippen molar-refractivity contribution in [2.45, 2.75) is 19.5 Å². The van der Waals surface area contributed by atoms with Crippen LogP contribution in [-0.4, -0.2) is 22.6 Å². The van der Waals surface area contributed by atoms with Crippen LogP contribution in [0.15, 0.2) is 22.7 Å². The van der Waals surface area contributed by atoms with Crippen molar-refractivity contribution in [2.24, 2.45) is 0 Å². The molecule has 0 bridgehead atoms. The van der Waals surface area contributed by atoms with Crippen LogP contribution in [0.3, 0.4) is 0 Å². The molecule has 0 atom stereocenters. The molecule has 0 unspecified atom stereocenters. The zero-order valence-corrected chi connectivity index (χ0v) is 13.5. The molecule has 7 heteroatoms. The highest BCUT2D eigenvalue weighted by Gasteiger charge is 2.21. The first-order valence-corrected chi connectivity index (χ1v) is 7.81. The van der Waals surface area contributed by atoms with Gasteiger partial charge in [-0.05, 0) is 17.7 Å². The Balaban J connectivity index is 1.71. The Morgan fingerprint density at radius 1 is 1.48 bits per heavy atom. The first kappa shape index (κ1) is 14.6. The first-order valence-electron chi connectivity index (χ1n) is 6.64. The predicted octanol–water partition coefficient (Wildman–Crippen LogP) is 2.40. The molecule has 1 aromatic carbocycles. The molecule has 0 saturated carbocycles. The monoisotopic (exact) mass is 368 g/mol. The molecular weight excluding hydrogens is 356 g/mol. The second-order valence-corrected chi connectivity index (χ2v) is 6.20. The molecule has 1 amide bonds. The van der Waals surface area contributed by atoms with Crippen LogP contribution in [0.4, 0.5) is 0 Å². The number of H-pyrrole nitrogens is 1. The van der Waals surface area contributed by atoms with E-state index < -0.39 is 0 Å². The lowest BCUT2D eigenvalue weighted by atomic mass is 10.1. The van der Waals surface area contributed by atoms with Crippen LogP contribution in [-0.2, 0) is 19.5 Å². The van der Waals surface area contributed by atoms with Gasteiger partial charge in [0.15, 0.2) is 5.69 Å². The normalized spacial score (nSPS) is 13.8. The number of aromatic nitrogens is 2. The third-order valence-electron chi connectivity index (χ3n) is 3.48. The van der Waals surface area contributed by atoms with Gasteiger partial charge in [-0.15, -0.1) is 0 Å². The summed E-state index contributed by atoms with van der Waals surface area (Å²) in [6, 6.07) is 5.59. The number of carbonyl (C=O) groups excluding carboxylic acids is 1. The average molecular weight is 370 g/mol. The van der Waals surface area contributed by atoms with Gasteiger partial charge in [-0.2, -0.15) is 5.10 Å². The molecule has 21 heavy (non-hydrogen) atoms. The van der Waals surface area contributed by atoms with E-state index in [1.165, 1.54) is 0 Å². The highest BCUT2D eigenvalue weighted by Crippen LogP contribution is 2.21. The summed E-state index contributed by atoms with van der Waals surface area (Å²) in [4.78, 5) is 12.3. The lowest BCUT2D eigenvalue weighted by molar-refractivity contribution is 0.0944. The summed E-state index contributed by atoms with van der Waals surface area (Å²) >= 11 is 9.50. The maximum absolute atomic E-state index is 12.3. The number of nitrogens with one attached hydrogen (secondary N) is 3. The molecule has 0 saturated heterocycles. The molecule has 3 N–H and O–H groups in total. The molecule has 110 valence electrons. The van der Waals surface area contributed by atoms with Crippen LogP contribution >= 0.6 is 27.5 Å². The Labute approximate surface area is 135 Å². The van der Waals surface area contributed by atoms with Gasteiger partial charge < -0.3 is 10.6 Å². The van der Waals surface area contributed by atoms with E-state index in [1.807, 2.05) is 18.2 Å². The van der Waals surface area contributed by atoms with Crippen molar-refractivity contribution in [2.75, 3.05) is 6.54 Å². The van der Waals surface area contributed by atoms with Gasteiger partial charge in [-0.1, -0.05) is 33.6 Å². The summed E-state index contributed by atoms with van der Waals surface area (Å²) in [7, 11) is 0. The fraction of sp³-hybridized carbons (Fsp3) is 0.286. The molecule has 1 aromatic heterocycles. The smallest absolute Gasteiger partial charge is 0.272 e. The van der Waals surface area contributed by atoms with Gasteiger partial charge in [0, 0.05) is 46.8 Å². The van der Waals surface area contributed by atoms with Crippen LogP contribution in [0.2, 0.25) is 5.02 Å². The molecule has 2 aromatic rings. The molecule has 1 aliphatic rings. The largest absolute Gasteiger partial charge is 0.346 e. The Morgan fingerprint density at radius 3 is 3.14 bits per heavy atom. The van der Waals surface area contributed by atoms with Crippen LogP contribution in [0, 0.1) is 0 Å². The van der Waals surface area contributed by atoms with E-state index in [0.717, 1.165) is 34.3 Å². The number of carbonyl (C=O) groups is 1. The molecule has 0 spiro atoms. The number of aromatic amines is 1. The van der Waals surface area contributed by atoms with E-state index in [-0.39, 0.29) is 5.91 Å². The van der Waals surface area contributed by atoms with Crippen LogP contribution < -0.4 is 10.6 Å². The van der Waals surface area contributed by atoms with Gasteiger partial charge in [-0.25, -0.2) is 0 Å². The standard InChI is InChI=1S/C14H14BrClN4O/c15-9-2-1-8(11(16)5-9)6-18-14(21)13-10-7-17-4-3-12(10)19-20-13/h1-2,5,17H,3-4,6-7H2,(H,18,21)(H,19,20). The lowest BCUT2D eigenvalue weighted by Crippen LogP contribution is -2.28. The third-order valence-corrected chi connectivity index (χ3v) is 4.32. The minimum absolute atomic E-state index is 0.185. The van der Waals surface area contributed by atoms with Gasteiger partial charge >= 0.3 is 0 Å². The molecule has 0 fully saturated rings. The molecule has 1 aliphatic heterocycles. The highest BCUT2D eigenvalue weighted by molar-refractivity contribution is 9.10. The van der Waals surface area contributed by atoms with E-state index >= 15 is 0 Å². The Kier molecular flexibility index (Phi) is 4.28. The minimum atomic E-state index is -0.185. The fourth-order valence-corrected chi connectivity index (χ4v) is 3.08. The number of rotatable bonds is 3. The van der Waals surface area contributed by atoms with E-state index in [1.54, 1.807) is 0 Å². The summed E-state index contributed by atoms with van der Waals surface area (Å²) in [5.74, 6) is -0.185. The van der Waals surface area contributed by atoms with Crippen molar-refractivity contribution < 1.29 is 4.79 Å². The molecular formula is C14H14BrClN4O. The predicted molar refractivity (Wildman–Crippen MR) is 84.3 cm³/mol. The minimum Gasteiger partial charge on any atom is -0.346 e. The van der Waals surface area contributed by atoms with E-state index in [9.17, 15) is 4.79 Å². The summed E-state index contributed by atoms with van der Waals surface area (Å²) < 4.78 is 0.912. The van der Waals surface area contributed by atoms with Crippen LogP contribution in [0.25, 0.3) is 0 Å². The van der Waals surface area contributed by atoms with E-state index in [4.69, 9.17) is 11.6 Å². The quantitative estimate of drug-likeness (QED) is 0.778. The molecule has 5 nitrogen and oxygen atoms in total. The topological polar surface area (TPSA) is 69.8 Å². The van der Waals surface area contributed by atoms with Gasteiger partial charge in [-0.3, -0.25) is 9.89 Å².